The maximum absolute atomic E-state index is 13.1. The number of likely N-dealkylation sites (tertiary alicyclic amines) is 1. The fourth-order valence-corrected chi connectivity index (χ4v) is 4.60. The Kier molecular flexibility index (Phi) is 4.10. The third-order valence-corrected chi connectivity index (χ3v) is 6.03. The normalized spacial score (nSPS) is 35.4. The summed E-state index contributed by atoms with van der Waals surface area (Å²) in [6.07, 6.45) is 5.11. The van der Waals surface area contributed by atoms with E-state index in [9.17, 15) is 9.59 Å². The molecule has 3 fully saturated rings. The molecule has 3 aliphatic rings. The predicted octanol–water partition coefficient (Wildman–Crippen LogP) is 2.12. The van der Waals surface area contributed by atoms with Crippen LogP contribution in [-0.4, -0.2) is 59.1 Å². The molecule has 0 radical (unpaired) electrons. The van der Waals surface area contributed by atoms with E-state index in [4.69, 9.17) is 10.5 Å². The zero-order chi connectivity index (χ0) is 17.8. The van der Waals surface area contributed by atoms with Crippen molar-refractivity contribution in [3.63, 3.8) is 0 Å². The quantitative estimate of drug-likeness (QED) is 0.837. The Bertz CT molecular complexity index is 532. The number of amides is 2. The van der Waals surface area contributed by atoms with E-state index < -0.39 is 5.60 Å². The molecule has 0 spiro atoms. The van der Waals surface area contributed by atoms with Crippen molar-refractivity contribution in [3.05, 3.63) is 0 Å². The average molecular weight is 337 g/mol. The molecule has 2 N–H and O–H groups in total. The topological polar surface area (TPSA) is 75.9 Å². The second kappa shape index (κ2) is 5.61. The van der Waals surface area contributed by atoms with Gasteiger partial charge in [0.05, 0.1) is 11.5 Å². The highest BCUT2D eigenvalue weighted by Crippen LogP contribution is 2.56. The molecule has 2 saturated carbocycles. The summed E-state index contributed by atoms with van der Waals surface area (Å²) in [5.41, 5.74) is 5.52. The average Bonchev–Trinajstić information content (AvgIpc) is 3.16. The minimum atomic E-state index is -0.503. The lowest BCUT2D eigenvalue weighted by Gasteiger charge is -2.32. The van der Waals surface area contributed by atoms with Gasteiger partial charge in [0.25, 0.3) is 0 Å². The number of likely N-dealkylation sites (N-methyl/N-ethyl adjacent to an activating group) is 1. The van der Waals surface area contributed by atoms with Crippen LogP contribution in [0.3, 0.4) is 0 Å². The van der Waals surface area contributed by atoms with E-state index in [1.807, 2.05) is 25.7 Å². The monoisotopic (exact) mass is 337 g/mol. The van der Waals surface area contributed by atoms with Gasteiger partial charge in [-0.05, 0) is 59.3 Å². The molecule has 1 saturated heterocycles. The Labute approximate surface area is 144 Å². The fraction of sp³-hybridized carbons (Fsp3) is 0.889. The number of nitrogens with zero attached hydrogens (tertiary/aromatic N) is 2. The molecule has 0 aromatic carbocycles. The van der Waals surface area contributed by atoms with Gasteiger partial charge in [0.1, 0.15) is 5.60 Å². The number of carbonyl (C=O) groups is 2. The molecule has 24 heavy (non-hydrogen) atoms. The van der Waals surface area contributed by atoms with Gasteiger partial charge in [-0.2, -0.15) is 0 Å². The van der Waals surface area contributed by atoms with Crippen LogP contribution in [0.2, 0.25) is 0 Å². The molecule has 3 rings (SSSR count). The van der Waals surface area contributed by atoms with Crippen molar-refractivity contribution in [2.45, 2.75) is 76.5 Å². The Hall–Kier alpha value is -1.30. The van der Waals surface area contributed by atoms with Crippen LogP contribution in [0.25, 0.3) is 0 Å². The first kappa shape index (κ1) is 17.5. The lowest BCUT2D eigenvalue weighted by atomic mass is 9.82. The zero-order valence-corrected chi connectivity index (χ0v) is 15.4. The second-order valence-electron chi connectivity index (χ2n) is 9.10. The Balaban J connectivity index is 1.59. The van der Waals surface area contributed by atoms with Gasteiger partial charge in [0, 0.05) is 25.7 Å². The minimum absolute atomic E-state index is 0.0330. The standard InChI is InChI=1S/C18H31N3O3/c1-16(2,3)24-15(23)20(4)13-5-10-21(11-13)14(22)17-6-8-18(19,12-17)9-7-17/h13H,5-12,19H2,1-4H3/t13-,17?,18?/m0/s1. The number of hydrogen-bond donors (Lipinski definition) is 1. The Morgan fingerprint density at radius 2 is 1.83 bits per heavy atom. The van der Waals surface area contributed by atoms with Crippen LogP contribution in [0.15, 0.2) is 0 Å². The summed E-state index contributed by atoms with van der Waals surface area (Å²) in [6.45, 7) is 6.91. The van der Waals surface area contributed by atoms with Gasteiger partial charge in [-0.1, -0.05) is 0 Å². The van der Waals surface area contributed by atoms with Gasteiger partial charge in [0.2, 0.25) is 5.91 Å². The van der Waals surface area contributed by atoms with E-state index in [0.29, 0.717) is 6.54 Å². The zero-order valence-electron chi connectivity index (χ0n) is 15.4. The van der Waals surface area contributed by atoms with Crippen molar-refractivity contribution < 1.29 is 14.3 Å². The van der Waals surface area contributed by atoms with Gasteiger partial charge >= 0.3 is 6.09 Å². The SMILES string of the molecule is CN(C(=O)OC(C)(C)C)[C@H]1CCN(C(=O)C23CCC(N)(CC2)C3)C1. The van der Waals surface area contributed by atoms with Crippen LogP contribution in [0.5, 0.6) is 0 Å². The highest BCUT2D eigenvalue weighted by Gasteiger charge is 2.57. The van der Waals surface area contributed by atoms with Crippen molar-refractivity contribution in [2.75, 3.05) is 20.1 Å². The van der Waals surface area contributed by atoms with Crippen molar-refractivity contribution in [2.24, 2.45) is 11.1 Å². The smallest absolute Gasteiger partial charge is 0.410 e. The van der Waals surface area contributed by atoms with Crippen LogP contribution in [-0.2, 0) is 9.53 Å². The van der Waals surface area contributed by atoms with E-state index in [-0.39, 0.29) is 29.0 Å². The summed E-state index contributed by atoms with van der Waals surface area (Å²) in [7, 11) is 1.76. The highest BCUT2D eigenvalue weighted by atomic mass is 16.6. The number of rotatable bonds is 2. The molecule has 0 aromatic rings. The molecule has 1 heterocycles. The van der Waals surface area contributed by atoms with Crippen LogP contribution < -0.4 is 5.73 Å². The van der Waals surface area contributed by atoms with Crippen molar-refractivity contribution in [3.8, 4) is 0 Å². The molecule has 0 unspecified atom stereocenters. The Morgan fingerprint density at radius 1 is 1.21 bits per heavy atom. The predicted molar refractivity (Wildman–Crippen MR) is 91.4 cm³/mol. The first-order chi connectivity index (χ1) is 11.0. The molecule has 2 amide bonds. The molecule has 136 valence electrons. The van der Waals surface area contributed by atoms with Crippen molar-refractivity contribution >= 4 is 12.0 Å². The van der Waals surface area contributed by atoms with Crippen LogP contribution in [0.1, 0.15) is 59.3 Å². The molecular formula is C18H31N3O3. The summed E-state index contributed by atoms with van der Waals surface area (Å²) in [5.74, 6) is 0.257. The summed E-state index contributed by atoms with van der Waals surface area (Å²) >= 11 is 0. The van der Waals surface area contributed by atoms with Gasteiger partial charge in [-0.25, -0.2) is 4.79 Å². The summed E-state index contributed by atoms with van der Waals surface area (Å²) in [6, 6.07) is 0.0330. The lowest BCUT2D eigenvalue weighted by Crippen LogP contribution is -2.45. The summed E-state index contributed by atoms with van der Waals surface area (Å²) in [5, 5.41) is 0. The molecule has 2 bridgehead atoms. The first-order valence-electron chi connectivity index (χ1n) is 9.08. The highest BCUT2D eigenvalue weighted by molar-refractivity contribution is 5.84. The fourth-order valence-electron chi connectivity index (χ4n) is 4.60. The Morgan fingerprint density at radius 3 is 2.33 bits per heavy atom. The maximum atomic E-state index is 13.1. The van der Waals surface area contributed by atoms with Crippen LogP contribution >= 0.6 is 0 Å². The largest absolute Gasteiger partial charge is 0.444 e. The summed E-state index contributed by atoms with van der Waals surface area (Å²) in [4.78, 5) is 28.9. The van der Waals surface area contributed by atoms with Gasteiger partial charge in [-0.15, -0.1) is 0 Å². The van der Waals surface area contributed by atoms with Gasteiger partial charge in [-0.3, -0.25) is 4.79 Å². The molecule has 6 nitrogen and oxygen atoms in total. The summed E-state index contributed by atoms with van der Waals surface area (Å²) < 4.78 is 5.44. The van der Waals surface area contributed by atoms with E-state index in [2.05, 4.69) is 0 Å². The second-order valence-corrected chi connectivity index (χ2v) is 9.10. The number of hydrogen-bond acceptors (Lipinski definition) is 4. The molecule has 0 aromatic heterocycles. The van der Waals surface area contributed by atoms with E-state index in [0.717, 1.165) is 45.1 Å². The molecule has 1 atom stereocenters. The van der Waals surface area contributed by atoms with E-state index in [1.165, 1.54) is 0 Å². The molecular weight excluding hydrogens is 306 g/mol. The van der Waals surface area contributed by atoms with Crippen LogP contribution in [0.4, 0.5) is 4.79 Å². The number of fused-ring (bicyclic) bond motifs is 2. The molecule has 2 aliphatic carbocycles. The third-order valence-electron chi connectivity index (χ3n) is 6.03. The number of nitrogens with two attached hydrogens (primary N) is 1. The van der Waals surface area contributed by atoms with Crippen LogP contribution in [0, 0.1) is 5.41 Å². The lowest BCUT2D eigenvalue weighted by molar-refractivity contribution is -0.140. The van der Waals surface area contributed by atoms with E-state index >= 15 is 0 Å². The minimum Gasteiger partial charge on any atom is -0.444 e. The first-order valence-corrected chi connectivity index (χ1v) is 9.08. The third kappa shape index (κ3) is 3.13. The molecule has 6 heteroatoms. The van der Waals surface area contributed by atoms with Crippen molar-refractivity contribution in [1.29, 1.82) is 0 Å². The number of carbonyl (C=O) groups excluding carboxylic acids is 2. The van der Waals surface area contributed by atoms with Gasteiger partial charge < -0.3 is 20.3 Å². The number of ether oxygens (including phenoxy) is 1. The molecule has 1 aliphatic heterocycles. The maximum Gasteiger partial charge on any atom is 0.410 e. The van der Waals surface area contributed by atoms with Crippen molar-refractivity contribution in [1.82, 2.24) is 9.80 Å². The van der Waals surface area contributed by atoms with E-state index in [1.54, 1.807) is 11.9 Å². The van der Waals surface area contributed by atoms with Gasteiger partial charge in [0.15, 0.2) is 0 Å².